The van der Waals surface area contributed by atoms with Gasteiger partial charge in [0.25, 0.3) is 5.91 Å². The van der Waals surface area contributed by atoms with Gasteiger partial charge >= 0.3 is 0 Å². The third-order valence-corrected chi connectivity index (χ3v) is 4.83. The van der Waals surface area contributed by atoms with E-state index in [0.29, 0.717) is 5.76 Å². The Morgan fingerprint density at radius 1 is 1.21 bits per heavy atom. The average molecular weight is 338 g/mol. The summed E-state index contributed by atoms with van der Waals surface area (Å²) in [7, 11) is 0. The number of furan rings is 1. The molecule has 24 heavy (non-hydrogen) atoms. The van der Waals surface area contributed by atoms with Gasteiger partial charge in [0, 0.05) is 17.0 Å². The standard InChI is InChI=1S/C19H18N2O2S/c20-13-14(19(22)21-15-6-4-5-7-15)12-16-10-11-18(23-16)24-17-8-2-1-3-9-17/h1-3,8-12,15H,4-7H2,(H,21,22)/b14-12-. The molecule has 1 aromatic carbocycles. The predicted octanol–water partition coefficient (Wildman–Crippen LogP) is 4.40. The summed E-state index contributed by atoms with van der Waals surface area (Å²) in [5.41, 5.74) is 0.0764. The van der Waals surface area contributed by atoms with Gasteiger partial charge in [-0.05, 0) is 37.1 Å². The number of amides is 1. The van der Waals surface area contributed by atoms with Gasteiger partial charge in [0.15, 0.2) is 5.09 Å². The molecule has 0 bridgehead atoms. The van der Waals surface area contributed by atoms with E-state index in [1.54, 1.807) is 6.07 Å². The molecule has 1 amide bonds. The molecule has 5 heteroatoms. The lowest BCUT2D eigenvalue weighted by Gasteiger charge is -2.10. The number of rotatable bonds is 5. The minimum atomic E-state index is -0.321. The van der Waals surface area contributed by atoms with Gasteiger partial charge < -0.3 is 9.73 Å². The Labute approximate surface area is 145 Å². The van der Waals surface area contributed by atoms with Crippen molar-refractivity contribution in [1.29, 1.82) is 5.26 Å². The summed E-state index contributed by atoms with van der Waals surface area (Å²) in [6, 6.07) is 15.7. The first-order valence-electron chi connectivity index (χ1n) is 8.00. The maximum absolute atomic E-state index is 12.2. The van der Waals surface area contributed by atoms with E-state index < -0.39 is 0 Å². The van der Waals surface area contributed by atoms with Gasteiger partial charge in [-0.2, -0.15) is 5.26 Å². The molecule has 1 heterocycles. The summed E-state index contributed by atoms with van der Waals surface area (Å²) >= 11 is 1.50. The first kappa shape index (κ1) is 16.4. The molecule has 0 spiro atoms. The number of hydrogen-bond acceptors (Lipinski definition) is 4. The van der Waals surface area contributed by atoms with Crippen LogP contribution in [0.3, 0.4) is 0 Å². The number of benzene rings is 1. The predicted molar refractivity (Wildman–Crippen MR) is 93.3 cm³/mol. The third-order valence-electron chi connectivity index (χ3n) is 3.91. The van der Waals surface area contributed by atoms with Crippen molar-refractivity contribution in [3.8, 4) is 6.07 Å². The molecule has 1 saturated carbocycles. The Morgan fingerprint density at radius 2 is 1.96 bits per heavy atom. The number of hydrogen-bond donors (Lipinski definition) is 1. The lowest BCUT2D eigenvalue weighted by Crippen LogP contribution is -2.33. The fourth-order valence-corrected chi connectivity index (χ4v) is 3.50. The normalized spacial score (nSPS) is 15.2. The largest absolute Gasteiger partial charge is 0.450 e. The summed E-state index contributed by atoms with van der Waals surface area (Å²) in [6.45, 7) is 0. The van der Waals surface area contributed by atoms with Crippen molar-refractivity contribution in [2.45, 2.75) is 41.7 Å². The molecule has 1 aliphatic carbocycles. The molecule has 0 saturated heterocycles. The van der Waals surface area contributed by atoms with Gasteiger partial charge in [-0.3, -0.25) is 4.79 Å². The van der Waals surface area contributed by atoms with Crippen LogP contribution in [0, 0.1) is 11.3 Å². The summed E-state index contributed by atoms with van der Waals surface area (Å²) in [6.07, 6.45) is 5.75. The highest BCUT2D eigenvalue weighted by atomic mass is 32.2. The van der Waals surface area contributed by atoms with Gasteiger partial charge in [-0.15, -0.1) is 0 Å². The van der Waals surface area contributed by atoms with Crippen LogP contribution >= 0.6 is 11.8 Å². The molecule has 0 unspecified atom stereocenters. The Morgan fingerprint density at radius 3 is 2.67 bits per heavy atom. The van der Waals surface area contributed by atoms with Crippen LogP contribution in [0.15, 0.2) is 62.4 Å². The fraction of sp³-hybridized carbons (Fsp3) is 0.263. The highest BCUT2D eigenvalue weighted by Crippen LogP contribution is 2.29. The van der Waals surface area contributed by atoms with Crippen LogP contribution in [0.2, 0.25) is 0 Å². The Kier molecular flexibility index (Phi) is 5.39. The first-order chi connectivity index (χ1) is 11.7. The van der Waals surface area contributed by atoms with E-state index in [1.807, 2.05) is 42.5 Å². The van der Waals surface area contributed by atoms with Gasteiger partial charge in [-0.25, -0.2) is 0 Å². The molecular formula is C19H18N2O2S. The highest BCUT2D eigenvalue weighted by molar-refractivity contribution is 7.99. The molecule has 0 radical (unpaired) electrons. The van der Waals surface area contributed by atoms with Crippen molar-refractivity contribution in [2.75, 3.05) is 0 Å². The number of carbonyl (C=O) groups excluding carboxylic acids is 1. The minimum Gasteiger partial charge on any atom is -0.450 e. The Balaban J connectivity index is 1.67. The van der Waals surface area contributed by atoms with Crippen molar-refractivity contribution in [2.24, 2.45) is 0 Å². The Bertz CT molecular complexity index is 768. The van der Waals surface area contributed by atoms with Crippen LogP contribution in [0.25, 0.3) is 6.08 Å². The topological polar surface area (TPSA) is 66.0 Å². The summed E-state index contributed by atoms with van der Waals surface area (Å²) < 4.78 is 5.70. The average Bonchev–Trinajstić information content (AvgIpc) is 3.25. The van der Waals surface area contributed by atoms with Crippen LogP contribution < -0.4 is 5.32 Å². The zero-order chi connectivity index (χ0) is 16.8. The van der Waals surface area contributed by atoms with Crippen molar-refractivity contribution in [1.82, 2.24) is 5.32 Å². The van der Waals surface area contributed by atoms with Crippen LogP contribution in [0.5, 0.6) is 0 Å². The smallest absolute Gasteiger partial charge is 0.262 e. The molecule has 3 rings (SSSR count). The molecule has 4 nitrogen and oxygen atoms in total. The van der Waals surface area contributed by atoms with Gasteiger partial charge in [0.1, 0.15) is 17.4 Å². The SMILES string of the molecule is N#C/C(=C/c1ccc(Sc2ccccc2)o1)C(=O)NC1CCCC1. The number of carbonyl (C=O) groups is 1. The number of nitrogens with one attached hydrogen (secondary N) is 1. The lowest BCUT2D eigenvalue weighted by molar-refractivity contribution is -0.117. The molecule has 1 aliphatic rings. The molecule has 0 aliphatic heterocycles. The second-order valence-corrected chi connectivity index (χ2v) is 6.77. The zero-order valence-corrected chi connectivity index (χ0v) is 14.0. The maximum Gasteiger partial charge on any atom is 0.262 e. The molecule has 1 N–H and O–H groups in total. The van der Waals surface area contributed by atoms with E-state index in [0.717, 1.165) is 35.7 Å². The molecule has 1 fully saturated rings. The van der Waals surface area contributed by atoms with Gasteiger partial charge in [0.05, 0.1) is 0 Å². The maximum atomic E-state index is 12.2. The van der Waals surface area contributed by atoms with Crippen LogP contribution in [-0.2, 0) is 4.79 Å². The molecule has 0 atom stereocenters. The van der Waals surface area contributed by atoms with Crippen LogP contribution in [0.1, 0.15) is 31.4 Å². The third kappa shape index (κ3) is 4.30. The van der Waals surface area contributed by atoms with Gasteiger partial charge in [-0.1, -0.05) is 42.8 Å². The highest BCUT2D eigenvalue weighted by Gasteiger charge is 2.19. The summed E-state index contributed by atoms with van der Waals surface area (Å²) in [5.74, 6) is 0.185. The van der Waals surface area contributed by atoms with Crippen molar-refractivity contribution < 1.29 is 9.21 Å². The molecule has 1 aromatic heterocycles. The quantitative estimate of drug-likeness (QED) is 0.648. The first-order valence-corrected chi connectivity index (χ1v) is 8.81. The van der Waals surface area contributed by atoms with Crippen molar-refractivity contribution in [3.05, 3.63) is 53.8 Å². The molecule has 2 aromatic rings. The second-order valence-electron chi connectivity index (χ2n) is 5.70. The van der Waals surface area contributed by atoms with E-state index >= 15 is 0 Å². The van der Waals surface area contributed by atoms with Crippen molar-refractivity contribution in [3.63, 3.8) is 0 Å². The summed E-state index contributed by atoms with van der Waals surface area (Å²) in [5, 5.41) is 12.9. The van der Waals surface area contributed by atoms with E-state index in [2.05, 4.69) is 5.32 Å². The van der Waals surface area contributed by atoms with E-state index in [1.165, 1.54) is 17.8 Å². The van der Waals surface area contributed by atoms with E-state index in [9.17, 15) is 10.1 Å². The number of nitriles is 1. The molecule has 122 valence electrons. The van der Waals surface area contributed by atoms with E-state index in [4.69, 9.17) is 4.42 Å². The van der Waals surface area contributed by atoms with Gasteiger partial charge in [0.2, 0.25) is 0 Å². The second kappa shape index (κ2) is 7.89. The van der Waals surface area contributed by atoms with E-state index in [-0.39, 0.29) is 17.5 Å². The fourth-order valence-electron chi connectivity index (χ4n) is 2.70. The van der Waals surface area contributed by atoms with Crippen LogP contribution in [-0.4, -0.2) is 11.9 Å². The number of nitrogens with zero attached hydrogens (tertiary/aromatic N) is 1. The Hall–Kier alpha value is -2.45. The van der Waals surface area contributed by atoms with Crippen molar-refractivity contribution >= 4 is 23.7 Å². The molecular weight excluding hydrogens is 320 g/mol. The van der Waals surface area contributed by atoms with Crippen LogP contribution in [0.4, 0.5) is 0 Å². The minimum absolute atomic E-state index is 0.0764. The zero-order valence-electron chi connectivity index (χ0n) is 13.2. The monoisotopic (exact) mass is 338 g/mol. The lowest BCUT2D eigenvalue weighted by atomic mass is 10.2. The summed E-state index contributed by atoms with van der Waals surface area (Å²) in [4.78, 5) is 13.3.